The lowest BCUT2D eigenvalue weighted by Crippen LogP contribution is -2.41. The minimum absolute atomic E-state index is 0.270. The Balaban J connectivity index is 1.28. The Morgan fingerprint density at radius 1 is 0.914 bits per heavy atom. The van der Waals surface area contributed by atoms with E-state index in [1.54, 1.807) is 67.6 Å². The summed E-state index contributed by atoms with van der Waals surface area (Å²) in [6.45, 7) is 1.13. The van der Waals surface area contributed by atoms with Gasteiger partial charge < -0.3 is 15.1 Å². The lowest BCUT2D eigenvalue weighted by molar-refractivity contribution is -0.131. The molecule has 4 amide bonds. The van der Waals surface area contributed by atoms with Crippen LogP contribution in [0.3, 0.4) is 0 Å². The summed E-state index contributed by atoms with van der Waals surface area (Å²) >= 11 is 0. The molecule has 0 aliphatic carbocycles. The fourth-order valence-electron chi connectivity index (χ4n) is 4.00. The smallest absolute Gasteiger partial charge is 0.325 e. The SMILES string of the molecule is C[C@@]1(c2cc3ccccc3o2)NC(=O)N(CC(=O)c2ccc(NC(=O)c3ccccc3)cc2)C1=O. The first-order valence-corrected chi connectivity index (χ1v) is 11.0. The molecule has 35 heavy (non-hydrogen) atoms. The number of urea groups is 1. The number of nitrogens with one attached hydrogen (secondary N) is 2. The highest BCUT2D eigenvalue weighted by molar-refractivity contribution is 6.11. The molecule has 3 aromatic carbocycles. The van der Waals surface area contributed by atoms with Gasteiger partial charge in [-0.1, -0.05) is 36.4 Å². The number of amides is 4. The molecule has 1 aliphatic rings. The first-order valence-electron chi connectivity index (χ1n) is 11.0. The molecule has 1 fully saturated rings. The molecule has 5 rings (SSSR count). The summed E-state index contributed by atoms with van der Waals surface area (Å²) < 4.78 is 5.81. The Bertz CT molecular complexity index is 1430. The van der Waals surface area contributed by atoms with Crippen LogP contribution in [0, 0.1) is 0 Å². The van der Waals surface area contributed by atoms with E-state index in [0.717, 1.165) is 10.3 Å². The summed E-state index contributed by atoms with van der Waals surface area (Å²) in [7, 11) is 0. The second kappa shape index (κ2) is 8.57. The van der Waals surface area contributed by atoms with Gasteiger partial charge in [-0.05, 0) is 55.5 Å². The molecule has 1 saturated heterocycles. The highest BCUT2D eigenvalue weighted by Gasteiger charge is 2.51. The van der Waals surface area contributed by atoms with Crippen molar-refractivity contribution in [2.45, 2.75) is 12.5 Å². The van der Waals surface area contributed by atoms with Crippen LogP contribution < -0.4 is 10.6 Å². The number of carbonyl (C=O) groups excluding carboxylic acids is 4. The monoisotopic (exact) mass is 467 g/mol. The zero-order valence-electron chi connectivity index (χ0n) is 18.8. The topological polar surface area (TPSA) is 109 Å². The van der Waals surface area contributed by atoms with Crippen molar-refractivity contribution < 1.29 is 23.6 Å². The standard InChI is InChI=1S/C27H21N3O5/c1-27(23-15-19-9-5-6-10-22(19)35-23)25(33)30(26(34)29-27)16-21(31)17-11-13-20(14-12-17)28-24(32)18-7-3-2-4-8-18/h2-15H,16H2,1H3,(H,28,32)(H,29,34)/t27-/m0/s1. The van der Waals surface area contributed by atoms with Crippen LogP contribution in [-0.2, 0) is 10.3 Å². The minimum atomic E-state index is -1.41. The van der Waals surface area contributed by atoms with Crippen molar-refractivity contribution in [3.63, 3.8) is 0 Å². The van der Waals surface area contributed by atoms with Crippen LogP contribution in [0.1, 0.15) is 33.4 Å². The number of ketones is 1. The van der Waals surface area contributed by atoms with Crippen LogP contribution in [0.4, 0.5) is 10.5 Å². The van der Waals surface area contributed by atoms with E-state index < -0.39 is 29.8 Å². The number of hydrogen-bond acceptors (Lipinski definition) is 5. The molecular formula is C27H21N3O5. The van der Waals surface area contributed by atoms with Crippen LogP contribution in [0.2, 0.25) is 0 Å². The average Bonchev–Trinajstić information content (AvgIpc) is 3.41. The number of hydrogen-bond donors (Lipinski definition) is 2. The Morgan fingerprint density at radius 2 is 1.60 bits per heavy atom. The maximum absolute atomic E-state index is 13.2. The Morgan fingerprint density at radius 3 is 2.31 bits per heavy atom. The van der Waals surface area contributed by atoms with Gasteiger partial charge in [-0.25, -0.2) is 4.79 Å². The second-order valence-corrected chi connectivity index (χ2v) is 8.42. The number of fused-ring (bicyclic) bond motifs is 1. The third-order valence-electron chi connectivity index (χ3n) is 6.00. The minimum Gasteiger partial charge on any atom is -0.458 e. The molecule has 0 bridgehead atoms. The summed E-state index contributed by atoms with van der Waals surface area (Å²) in [5.41, 5.74) is 0.518. The molecule has 0 spiro atoms. The Kier molecular flexibility index (Phi) is 5.41. The van der Waals surface area contributed by atoms with E-state index in [2.05, 4.69) is 10.6 Å². The maximum atomic E-state index is 13.2. The van der Waals surface area contributed by atoms with Crippen molar-refractivity contribution in [1.82, 2.24) is 10.2 Å². The van der Waals surface area contributed by atoms with Gasteiger partial charge in [0.2, 0.25) is 0 Å². The predicted octanol–water partition coefficient (Wildman–Crippen LogP) is 4.34. The number of carbonyl (C=O) groups is 4. The zero-order chi connectivity index (χ0) is 24.6. The number of nitrogens with zero attached hydrogens (tertiary/aromatic N) is 1. The highest BCUT2D eigenvalue weighted by atomic mass is 16.3. The van der Waals surface area contributed by atoms with Gasteiger partial charge in [-0.2, -0.15) is 0 Å². The Hall–Kier alpha value is -4.72. The van der Waals surface area contributed by atoms with Crippen LogP contribution in [0.5, 0.6) is 0 Å². The predicted molar refractivity (Wildman–Crippen MR) is 129 cm³/mol. The molecule has 8 nitrogen and oxygen atoms in total. The summed E-state index contributed by atoms with van der Waals surface area (Å²) in [6.07, 6.45) is 0. The van der Waals surface area contributed by atoms with E-state index in [1.165, 1.54) is 0 Å². The van der Waals surface area contributed by atoms with Crippen molar-refractivity contribution in [1.29, 1.82) is 0 Å². The van der Waals surface area contributed by atoms with Gasteiger partial charge in [-0.3, -0.25) is 19.3 Å². The molecule has 0 unspecified atom stereocenters. The highest BCUT2D eigenvalue weighted by Crippen LogP contribution is 2.33. The van der Waals surface area contributed by atoms with Gasteiger partial charge in [0.05, 0.1) is 6.54 Å². The normalized spacial score (nSPS) is 17.5. The van der Waals surface area contributed by atoms with E-state index in [4.69, 9.17) is 4.42 Å². The number of furan rings is 1. The largest absolute Gasteiger partial charge is 0.458 e. The van der Waals surface area contributed by atoms with Gasteiger partial charge >= 0.3 is 6.03 Å². The van der Waals surface area contributed by atoms with Crippen molar-refractivity contribution >= 4 is 40.3 Å². The van der Waals surface area contributed by atoms with Crippen molar-refractivity contribution in [2.24, 2.45) is 0 Å². The van der Waals surface area contributed by atoms with E-state index in [9.17, 15) is 19.2 Å². The molecule has 2 N–H and O–H groups in total. The van der Waals surface area contributed by atoms with Crippen molar-refractivity contribution in [3.8, 4) is 0 Å². The summed E-state index contributed by atoms with van der Waals surface area (Å²) in [5, 5.41) is 6.22. The Labute approximate surface area is 200 Å². The van der Waals surface area contributed by atoms with Crippen LogP contribution in [-0.4, -0.2) is 35.1 Å². The van der Waals surface area contributed by atoms with E-state index in [-0.39, 0.29) is 5.91 Å². The third kappa shape index (κ3) is 4.06. The first-order chi connectivity index (χ1) is 16.8. The lowest BCUT2D eigenvalue weighted by Gasteiger charge is -2.18. The number of anilines is 1. The fourth-order valence-corrected chi connectivity index (χ4v) is 4.00. The molecule has 0 radical (unpaired) electrons. The van der Waals surface area contributed by atoms with Crippen LogP contribution in [0.15, 0.2) is 89.3 Å². The van der Waals surface area contributed by atoms with Crippen molar-refractivity contribution in [3.05, 3.63) is 102 Å². The number of imide groups is 1. The molecule has 1 aromatic heterocycles. The molecule has 2 heterocycles. The maximum Gasteiger partial charge on any atom is 0.325 e. The summed E-state index contributed by atoms with van der Waals surface area (Å²) in [6, 6.07) is 23.4. The van der Waals surface area contributed by atoms with E-state index in [1.807, 2.05) is 24.3 Å². The number of rotatable bonds is 6. The van der Waals surface area contributed by atoms with Gasteiger partial charge in [0.1, 0.15) is 11.3 Å². The molecular weight excluding hydrogens is 446 g/mol. The fraction of sp³-hybridized carbons (Fsp3) is 0.111. The molecule has 1 aliphatic heterocycles. The van der Waals surface area contributed by atoms with E-state index in [0.29, 0.717) is 28.2 Å². The lowest BCUT2D eigenvalue weighted by atomic mass is 9.98. The van der Waals surface area contributed by atoms with Crippen LogP contribution in [0.25, 0.3) is 11.0 Å². The molecule has 8 heteroatoms. The molecule has 174 valence electrons. The van der Waals surface area contributed by atoms with Gasteiger partial charge in [0.25, 0.3) is 11.8 Å². The number of Topliss-reactive ketones (excluding diaryl/α,β-unsaturated/α-hetero) is 1. The molecule has 0 saturated carbocycles. The van der Waals surface area contributed by atoms with Gasteiger partial charge in [-0.15, -0.1) is 0 Å². The summed E-state index contributed by atoms with van der Waals surface area (Å²) in [4.78, 5) is 51.8. The van der Waals surface area contributed by atoms with Crippen molar-refractivity contribution in [2.75, 3.05) is 11.9 Å². The molecule has 4 aromatic rings. The van der Waals surface area contributed by atoms with Gasteiger partial charge in [0, 0.05) is 22.2 Å². The second-order valence-electron chi connectivity index (χ2n) is 8.42. The number of benzene rings is 3. The van der Waals surface area contributed by atoms with E-state index >= 15 is 0 Å². The zero-order valence-corrected chi connectivity index (χ0v) is 18.8. The summed E-state index contributed by atoms with van der Waals surface area (Å²) in [5.74, 6) is -0.954. The first kappa shape index (κ1) is 22.1. The average molecular weight is 467 g/mol. The third-order valence-corrected chi connectivity index (χ3v) is 6.00. The number of para-hydroxylation sites is 1. The molecule has 1 atom stereocenters. The quantitative estimate of drug-likeness (QED) is 0.324. The van der Waals surface area contributed by atoms with Gasteiger partial charge in [0.15, 0.2) is 11.3 Å². The van der Waals surface area contributed by atoms with Crippen LogP contribution >= 0.6 is 0 Å².